The molecule has 0 radical (unpaired) electrons. The minimum Gasteiger partial charge on any atom is -0.348 e. The molecule has 20 heavy (non-hydrogen) atoms. The lowest BCUT2D eigenvalue weighted by molar-refractivity contribution is -0.130. The van der Waals surface area contributed by atoms with Crippen LogP contribution < -0.4 is 0 Å². The molecule has 1 aliphatic rings. The number of hydrogen-bond donors (Lipinski definition) is 0. The van der Waals surface area contributed by atoms with Gasteiger partial charge >= 0.3 is 0 Å². The highest BCUT2D eigenvalue weighted by molar-refractivity contribution is 5.77. The summed E-state index contributed by atoms with van der Waals surface area (Å²) in [5, 5.41) is 0. The van der Waals surface area contributed by atoms with Crippen LogP contribution in [0.15, 0.2) is 30.3 Å². The van der Waals surface area contributed by atoms with E-state index in [-0.39, 0.29) is 5.91 Å². The van der Waals surface area contributed by atoms with Gasteiger partial charge in [0.05, 0.1) is 6.54 Å². The highest BCUT2D eigenvalue weighted by atomic mass is 16.2. The number of hydrogen-bond acceptors (Lipinski definition) is 3. The molecule has 4 nitrogen and oxygen atoms in total. The summed E-state index contributed by atoms with van der Waals surface area (Å²) < 4.78 is 0. The molecule has 0 aliphatic carbocycles. The van der Waals surface area contributed by atoms with Crippen molar-refractivity contribution in [2.45, 2.75) is 6.42 Å². The summed E-state index contributed by atoms with van der Waals surface area (Å²) in [6, 6.07) is 10.6. The van der Waals surface area contributed by atoms with Gasteiger partial charge in [0.1, 0.15) is 0 Å². The normalized spacial score (nSPS) is 17.1. The Bertz CT molecular complexity index is 411. The Balaban J connectivity index is 1.68. The fraction of sp³-hybridized carbons (Fsp3) is 0.562. The Labute approximate surface area is 122 Å². The number of likely N-dealkylation sites (N-methyl/N-ethyl adjacent to an activating group) is 1. The second-order valence-corrected chi connectivity index (χ2v) is 5.64. The van der Waals surface area contributed by atoms with Crippen molar-refractivity contribution < 1.29 is 4.79 Å². The van der Waals surface area contributed by atoms with E-state index in [1.807, 2.05) is 14.1 Å². The third kappa shape index (κ3) is 4.62. The van der Waals surface area contributed by atoms with Gasteiger partial charge in [-0.1, -0.05) is 30.3 Å². The molecule has 0 N–H and O–H groups in total. The Morgan fingerprint density at radius 1 is 1.05 bits per heavy atom. The highest BCUT2D eigenvalue weighted by Gasteiger charge is 2.19. The van der Waals surface area contributed by atoms with Crippen molar-refractivity contribution in [2.24, 2.45) is 0 Å². The summed E-state index contributed by atoms with van der Waals surface area (Å²) in [4.78, 5) is 18.1. The molecule has 2 rings (SSSR count). The Morgan fingerprint density at radius 2 is 1.65 bits per heavy atom. The van der Waals surface area contributed by atoms with Crippen LogP contribution in [-0.2, 0) is 11.2 Å². The zero-order chi connectivity index (χ0) is 14.4. The monoisotopic (exact) mass is 275 g/mol. The average molecular weight is 275 g/mol. The summed E-state index contributed by atoms with van der Waals surface area (Å²) in [7, 11) is 3.64. The lowest BCUT2D eigenvalue weighted by atomic mass is 10.1. The van der Waals surface area contributed by atoms with Gasteiger partial charge in [-0.15, -0.1) is 0 Å². The van der Waals surface area contributed by atoms with Crippen molar-refractivity contribution >= 4 is 5.91 Å². The molecule has 4 heteroatoms. The lowest BCUT2D eigenvalue weighted by Crippen LogP contribution is -2.49. The Morgan fingerprint density at radius 3 is 2.25 bits per heavy atom. The molecule has 1 aliphatic heterocycles. The first-order chi connectivity index (χ1) is 9.65. The number of piperazine rings is 1. The van der Waals surface area contributed by atoms with Crippen LogP contribution in [0.5, 0.6) is 0 Å². The van der Waals surface area contributed by atoms with Crippen LogP contribution in [0.4, 0.5) is 0 Å². The predicted octanol–water partition coefficient (Wildman–Crippen LogP) is 0.935. The van der Waals surface area contributed by atoms with Crippen molar-refractivity contribution in [3.63, 3.8) is 0 Å². The first kappa shape index (κ1) is 15.0. The average Bonchev–Trinajstić information content (AvgIpc) is 2.47. The maximum Gasteiger partial charge on any atom is 0.236 e. The molecule has 0 saturated carbocycles. The van der Waals surface area contributed by atoms with Crippen LogP contribution in [0.3, 0.4) is 0 Å². The van der Waals surface area contributed by atoms with Crippen LogP contribution in [-0.4, -0.2) is 74.0 Å². The molecule has 0 spiro atoms. The minimum absolute atomic E-state index is 0.197. The third-order valence-corrected chi connectivity index (χ3v) is 3.88. The van der Waals surface area contributed by atoms with Gasteiger partial charge < -0.3 is 9.80 Å². The molecule has 1 aromatic carbocycles. The molecule has 1 heterocycles. The van der Waals surface area contributed by atoms with Gasteiger partial charge in [0.25, 0.3) is 0 Å². The van der Waals surface area contributed by atoms with Crippen molar-refractivity contribution in [3.05, 3.63) is 35.9 Å². The predicted molar refractivity (Wildman–Crippen MR) is 81.7 cm³/mol. The van der Waals surface area contributed by atoms with Gasteiger partial charge in [-0.25, -0.2) is 0 Å². The number of carbonyl (C=O) groups is 1. The van der Waals surface area contributed by atoms with Crippen molar-refractivity contribution in [1.29, 1.82) is 0 Å². The van der Waals surface area contributed by atoms with Crippen LogP contribution in [0.25, 0.3) is 0 Å². The van der Waals surface area contributed by atoms with Crippen LogP contribution in [0.1, 0.15) is 5.56 Å². The van der Waals surface area contributed by atoms with Gasteiger partial charge in [0, 0.05) is 46.8 Å². The second-order valence-electron chi connectivity index (χ2n) is 5.64. The smallest absolute Gasteiger partial charge is 0.236 e. The summed E-state index contributed by atoms with van der Waals surface area (Å²) in [6.07, 6.45) is 1.11. The maximum atomic E-state index is 11.7. The van der Waals surface area contributed by atoms with Crippen LogP contribution >= 0.6 is 0 Å². The molecule has 110 valence electrons. The third-order valence-electron chi connectivity index (χ3n) is 3.88. The molecule has 0 atom stereocenters. The van der Waals surface area contributed by atoms with Crippen LogP contribution in [0, 0.1) is 0 Å². The number of rotatable bonds is 5. The number of benzene rings is 1. The SMILES string of the molecule is CN(C)C(=O)CN1CCN(CCc2ccccc2)CC1. The molecular weight excluding hydrogens is 250 g/mol. The molecule has 1 amide bonds. The maximum absolute atomic E-state index is 11.7. The van der Waals surface area contributed by atoms with Gasteiger partial charge in [-0.2, -0.15) is 0 Å². The highest BCUT2D eigenvalue weighted by Crippen LogP contribution is 2.05. The van der Waals surface area contributed by atoms with Gasteiger partial charge in [-0.05, 0) is 12.0 Å². The van der Waals surface area contributed by atoms with Crippen molar-refractivity contribution in [3.8, 4) is 0 Å². The molecule has 0 aromatic heterocycles. The van der Waals surface area contributed by atoms with Gasteiger partial charge in [0.2, 0.25) is 5.91 Å². The van der Waals surface area contributed by atoms with Crippen molar-refractivity contribution in [1.82, 2.24) is 14.7 Å². The summed E-state index contributed by atoms with van der Waals surface area (Å²) in [5.74, 6) is 0.197. The van der Waals surface area contributed by atoms with E-state index in [0.29, 0.717) is 6.54 Å². The van der Waals surface area contributed by atoms with Gasteiger partial charge in [0.15, 0.2) is 0 Å². The second kappa shape index (κ2) is 7.41. The largest absolute Gasteiger partial charge is 0.348 e. The first-order valence-corrected chi connectivity index (χ1v) is 7.34. The molecule has 0 unspecified atom stereocenters. The lowest BCUT2D eigenvalue weighted by Gasteiger charge is -2.34. The van der Waals surface area contributed by atoms with Crippen LogP contribution in [0.2, 0.25) is 0 Å². The first-order valence-electron chi connectivity index (χ1n) is 7.34. The van der Waals surface area contributed by atoms with E-state index >= 15 is 0 Å². The number of nitrogens with zero attached hydrogens (tertiary/aromatic N) is 3. The molecule has 1 fully saturated rings. The summed E-state index contributed by atoms with van der Waals surface area (Å²) >= 11 is 0. The minimum atomic E-state index is 0.197. The van der Waals surface area contributed by atoms with E-state index in [4.69, 9.17) is 0 Å². The zero-order valence-electron chi connectivity index (χ0n) is 12.6. The van der Waals surface area contributed by atoms with E-state index in [1.165, 1.54) is 5.56 Å². The summed E-state index contributed by atoms with van der Waals surface area (Å²) in [5.41, 5.74) is 1.40. The van der Waals surface area contributed by atoms with E-state index in [2.05, 4.69) is 40.1 Å². The molecule has 0 bridgehead atoms. The quantitative estimate of drug-likeness (QED) is 0.800. The van der Waals surface area contributed by atoms with E-state index in [0.717, 1.165) is 39.1 Å². The van der Waals surface area contributed by atoms with Crippen molar-refractivity contribution in [2.75, 3.05) is 53.4 Å². The summed E-state index contributed by atoms with van der Waals surface area (Å²) in [6.45, 7) is 5.78. The van der Waals surface area contributed by atoms with Gasteiger partial charge in [-0.3, -0.25) is 9.69 Å². The number of carbonyl (C=O) groups excluding carboxylic acids is 1. The molecule has 1 saturated heterocycles. The Kier molecular flexibility index (Phi) is 5.56. The fourth-order valence-electron chi connectivity index (χ4n) is 2.44. The number of amides is 1. The van der Waals surface area contributed by atoms with E-state index in [1.54, 1.807) is 4.90 Å². The van der Waals surface area contributed by atoms with E-state index < -0.39 is 0 Å². The molecule has 1 aromatic rings. The standard InChI is InChI=1S/C16H25N3O/c1-17(2)16(20)14-19-12-10-18(11-13-19)9-8-15-6-4-3-5-7-15/h3-7H,8-14H2,1-2H3. The Hall–Kier alpha value is -1.39. The zero-order valence-corrected chi connectivity index (χ0v) is 12.6. The fourth-order valence-corrected chi connectivity index (χ4v) is 2.44. The topological polar surface area (TPSA) is 26.8 Å². The molecular formula is C16H25N3O. The van der Waals surface area contributed by atoms with E-state index in [9.17, 15) is 4.79 Å².